The second-order valence-electron chi connectivity index (χ2n) is 2.92. The van der Waals surface area contributed by atoms with Crippen LogP contribution in [-0.2, 0) is 0 Å². The highest BCUT2D eigenvalue weighted by Gasteiger charge is 2.16. The van der Waals surface area contributed by atoms with E-state index in [1.54, 1.807) is 11.8 Å². The first-order valence-electron chi connectivity index (χ1n) is 3.66. The average Bonchev–Trinajstić information content (AvgIpc) is 1.88. The van der Waals surface area contributed by atoms with Crippen molar-refractivity contribution in [3.05, 3.63) is 0 Å². The van der Waals surface area contributed by atoms with Crippen LogP contribution < -0.4 is 5.73 Å². The van der Waals surface area contributed by atoms with Gasteiger partial charge in [0.25, 0.3) is 0 Å². The molecule has 0 aromatic heterocycles. The molecule has 1 heterocycles. The Hall–Kier alpha value is -0.180. The molecule has 3 heteroatoms. The minimum absolute atomic E-state index is 0.473. The number of hydrogen-bond donors (Lipinski definition) is 1. The van der Waals surface area contributed by atoms with Gasteiger partial charge in [0.15, 0.2) is 5.17 Å². The van der Waals surface area contributed by atoms with Crippen LogP contribution in [0.3, 0.4) is 0 Å². The van der Waals surface area contributed by atoms with E-state index in [1.807, 2.05) is 0 Å². The summed E-state index contributed by atoms with van der Waals surface area (Å²) in [5, 5.41) is 0.768. The zero-order valence-electron chi connectivity index (χ0n) is 6.50. The summed E-state index contributed by atoms with van der Waals surface area (Å²) in [6.07, 6.45) is 1.18. The predicted molar refractivity (Wildman–Crippen MR) is 47.3 cm³/mol. The number of aliphatic imine (C=N–C) groups is 1. The van der Waals surface area contributed by atoms with Crippen LogP contribution in [0, 0.1) is 5.92 Å². The van der Waals surface area contributed by atoms with Gasteiger partial charge in [-0.25, -0.2) is 0 Å². The third-order valence-electron chi connectivity index (χ3n) is 1.73. The summed E-state index contributed by atoms with van der Waals surface area (Å²) in [7, 11) is 0. The van der Waals surface area contributed by atoms with Crippen molar-refractivity contribution in [1.82, 2.24) is 0 Å². The molecule has 0 saturated heterocycles. The number of thioether (sulfide) groups is 1. The van der Waals surface area contributed by atoms with Crippen LogP contribution in [0.25, 0.3) is 0 Å². The second kappa shape index (κ2) is 3.28. The predicted octanol–water partition coefficient (Wildman–Crippen LogP) is 1.46. The first-order chi connectivity index (χ1) is 4.70. The first kappa shape index (κ1) is 7.92. The Morgan fingerprint density at radius 1 is 1.70 bits per heavy atom. The Bertz CT molecular complexity index is 143. The SMILES string of the molecule is CC(C)[C@@H]1CCSC(N)=N1. The third kappa shape index (κ3) is 1.90. The summed E-state index contributed by atoms with van der Waals surface area (Å²) in [5.41, 5.74) is 5.58. The third-order valence-corrected chi connectivity index (χ3v) is 2.57. The lowest BCUT2D eigenvalue weighted by molar-refractivity contribution is 0.484. The molecule has 0 bridgehead atoms. The summed E-state index contributed by atoms with van der Waals surface area (Å²) >= 11 is 1.67. The lowest BCUT2D eigenvalue weighted by Gasteiger charge is -2.20. The molecule has 2 N–H and O–H groups in total. The zero-order chi connectivity index (χ0) is 7.56. The van der Waals surface area contributed by atoms with Gasteiger partial charge in [-0.05, 0) is 12.3 Å². The van der Waals surface area contributed by atoms with Crippen LogP contribution in [0.15, 0.2) is 4.99 Å². The molecule has 2 nitrogen and oxygen atoms in total. The molecular weight excluding hydrogens is 144 g/mol. The van der Waals surface area contributed by atoms with Crippen molar-refractivity contribution in [3.63, 3.8) is 0 Å². The highest BCUT2D eigenvalue weighted by Crippen LogP contribution is 2.20. The van der Waals surface area contributed by atoms with Crippen LogP contribution in [0.1, 0.15) is 20.3 Å². The number of nitrogens with zero attached hydrogens (tertiary/aromatic N) is 1. The van der Waals surface area contributed by atoms with E-state index in [1.165, 1.54) is 6.42 Å². The Kier molecular flexibility index (Phi) is 2.60. The molecule has 0 spiro atoms. The topological polar surface area (TPSA) is 38.4 Å². The molecule has 58 valence electrons. The molecule has 1 atom stereocenters. The fourth-order valence-electron chi connectivity index (χ4n) is 1.03. The zero-order valence-corrected chi connectivity index (χ0v) is 7.32. The van der Waals surface area contributed by atoms with Crippen LogP contribution in [0.2, 0.25) is 0 Å². The fraction of sp³-hybridized carbons (Fsp3) is 0.857. The minimum atomic E-state index is 0.473. The second-order valence-corrected chi connectivity index (χ2v) is 4.03. The molecule has 0 unspecified atom stereocenters. The van der Waals surface area contributed by atoms with Crippen molar-refractivity contribution in [1.29, 1.82) is 0 Å². The van der Waals surface area contributed by atoms with Gasteiger partial charge in [-0.15, -0.1) is 0 Å². The molecule has 0 amide bonds. The largest absolute Gasteiger partial charge is 0.379 e. The Morgan fingerprint density at radius 3 is 2.80 bits per heavy atom. The van der Waals surface area contributed by atoms with E-state index in [9.17, 15) is 0 Å². The van der Waals surface area contributed by atoms with Gasteiger partial charge >= 0.3 is 0 Å². The number of amidine groups is 1. The molecular formula is C7H14N2S. The van der Waals surface area contributed by atoms with Crippen LogP contribution in [0.5, 0.6) is 0 Å². The van der Waals surface area contributed by atoms with Crippen LogP contribution >= 0.6 is 11.8 Å². The maximum absolute atomic E-state index is 5.58. The van der Waals surface area contributed by atoms with Crippen molar-refractivity contribution < 1.29 is 0 Å². The van der Waals surface area contributed by atoms with Gasteiger partial charge in [0.1, 0.15) is 0 Å². The van der Waals surface area contributed by atoms with Gasteiger partial charge < -0.3 is 5.73 Å². The van der Waals surface area contributed by atoms with E-state index in [4.69, 9.17) is 5.73 Å². The smallest absolute Gasteiger partial charge is 0.154 e. The molecule has 1 aliphatic rings. The van der Waals surface area contributed by atoms with Gasteiger partial charge in [-0.3, -0.25) is 4.99 Å². The number of nitrogens with two attached hydrogens (primary N) is 1. The Balaban J connectivity index is 2.53. The number of rotatable bonds is 1. The first-order valence-corrected chi connectivity index (χ1v) is 4.65. The summed E-state index contributed by atoms with van der Waals surface area (Å²) in [6.45, 7) is 4.38. The minimum Gasteiger partial charge on any atom is -0.379 e. The van der Waals surface area contributed by atoms with E-state index in [0.717, 1.165) is 10.9 Å². The summed E-state index contributed by atoms with van der Waals surface area (Å²) in [6, 6.07) is 0.473. The lowest BCUT2D eigenvalue weighted by Crippen LogP contribution is -2.23. The van der Waals surface area contributed by atoms with Gasteiger partial charge in [-0.2, -0.15) is 0 Å². The highest BCUT2D eigenvalue weighted by molar-refractivity contribution is 8.13. The van der Waals surface area contributed by atoms with E-state index in [-0.39, 0.29) is 0 Å². The molecule has 1 rings (SSSR count). The van der Waals surface area contributed by atoms with Crippen LogP contribution in [0.4, 0.5) is 0 Å². The molecule has 0 aliphatic carbocycles. The molecule has 0 aromatic carbocycles. The average molecular weight is 158 g/mol. The fourth-order valence-corrected chi connectivity index (χ4v) is 1.81. The van der Waals surface area contributed by atoms with Crippen molar-refractivity contribution in [2.45, 2.75) is 26.3 Å². The molecule has 1 aliphatic heterocycles. The summed E-state index contributed by atoms with van der Waals surface area (Å²) in [4.78, 5) is 4.34. The molecule has 0 aromatic rings. The summed E-state index contributed by atoms with van der Waals surface area (Å²) < 4.78 is 0. The maximum atomic E-state index is 5.58. The molecule has 0 saturated carbocycles. The Labute approximate surface area is 66.3 Å². The normalized spacial score (nSPS) is 26.7. The lowest BCUT2D eigenvalue weighted by atomic mass is 10.0. The van der Waals surface area contributed by atoms with Gasteiger partial charge in [0.2, 0.25) is 0 Å². The monoisotopic (exact) mass is 158 g/mol. The quantitative estimate of drug-likeness (QED) is 0.627. The summed E-state index contributed by atoms with van der Waals surface area (Å²) in [5.74, 6) is 1.78. The van der Waals surface area contributed by atoms with Crippen LogP contribution in [-0.4, -0.2) is 17.0 Å². The van der Waals surface area contributed by atoms with Crippen molar-refractivity contribution in [2.75, 3.05) is 5.75 Å². The molecule has 0 fully saturated rings. The van der Waals surface area contributed by atoms with Gasteiger partial charge in [0.05, 0.1) is 6.04 Å². The maximum Gasteiger partial charge on any atom is 0.154 e. The van der Waals surface area contributed by atoms with E-state index in [2.05, 4.69) is 18.8 Å². The van der Waals surface area contributed by atoms with E-state index < -0.39 is 0 Å². The van der Waals surface area contributed by atoms with Crippen molar-refractivity contribution in [2.24, 2.45) is 16.6 Å². The Morgan fingerprint density at radius 2 is 2.40 bits per heavy atom. The van der Waals surface area contributed by atoms with E-state index in [0.29, 0.717) is 12.0 Å². The standard InChI is InChI=1S/C7H14N2S/c1-5(2)6-3-4-10-7(8)9-6/h5-6H,3-4H2,1-2H3,(H2,8,9)/t6-/m0/s1. The van der Waals surface area contributed by atoms with Crippen molar-refractivity contribution in [3.8, 4) is 0 Å². The van der Waals surface area contributed by atoms with Gasteiger partial charge in [-0.1, -0.05) is 25.6 Å². The van der Waals surface area contributed by atoms with Gasteiger partial charge in [0, 0.05) is 5.75 Å². The number of hydrogen-bond acceptors (Lipinski definition) is 3. The van der Waals surface area contributed by atoms with E-state index >= 15 is 0 Å². The van der Waals surface area contributed by atoms with Crippen molar-refractivity contribution >= 4 is 16.9 Å². The molecule has 0 radical (unpaired) electrons. The highest BCUT2D eigenvalue weighted by atomic mass is 32.2. The molecule has 10 heavy (non-hydrogen) atoms.